The van der Waals surface area contributed by atoms with Gasteiger partial charge in [0.15, 0.2) is 0 Å². The van der Waals surface area contributed by atoms with E-state index in [1.165, 1.54) is 16.7 Å². The summed E-state index contributed by atoms with van der Waals surface area (Å²) < 4.78 is 0. The molecule has 0 N–H and O–H groups in total. The second-order valence-electron chi connectivity index (χ2n) is 3.47. The summed E-state index contributed by atoms with van der Waals surface area (Å²) in [6.45, 7) is 2.13. The molecule has 0 saturated heterocycles. The Morgan fingerprint density at radius 2 is 2.00 bits per heavy atom. The summed E-state index contributed by atoms with van der Waals surface area (Å²) in [5, 5.41) is 0. The number of halogens is 2. The molecule has 3 heteroatoms. The molecule has 86 valence electrons. The first-order valence-corrected chi connectivity index (χ1v) is 4.66. The predicted molar refractivity (Wildman–Crippen MR) is 60.4 cm³/mol. The molecule has 16 heavy (non-hydrogen) atoms. The Morgan fingerprint density at radius 1 is 1.25 bits per heavy atom. The van der Waals surface area contributed by atoms with Crippen molar-refractivity contribution in [3.05, 3.63) is 59.2 Å². The van der Waals surface area contributed by atoms with E-state index in [0.717, 1.165) is 12.8 Å². The molecule has 0 radical (unpaired) electrons. The number of aryl methyl sites for hydroxylation is 1. The summed E-state index contributed by atoms with van der Waals surface area (Å²) in [5.74, 6) is 0. The molecular weight excluding hydrogens is 285 g/mol. The fraction of sp³-hybridized carbons (Fsp3) is 0.231. The normalized spacial score (nSPS) is 11.9. The minimum absolute atomic E-state index is 0. The van der Waals surface area contributed by atoms with Crippen molar-refractivity contribution < 1.29 is 35.6 Å². The second-order valence-corrected chi connectivity index (χ2v) is 3.47. The topological polar surface area (TPSA) is 0 Å². The van der Waals surface area contributed by atoms with Crippen molar-refractivity contribution in [2.75, 3.05) is 0 Å². The average molecular weight is 300 g/mol. The van der Waals surface area contributed by atoms with Gasteiger partial charge in [-0.05, 0) is 18.9 Å². The maximum Gasteiger partial charge on any atom is 0 e. The van der Waals surface area contributed by atoms with Crippen molar-refractivity contribution >= 4 is 0 Å². The zero-order chi connectivity index (χ0) is 9.10. The van der Waals surface area contributed by atoms with Gasteiger partial charge in [0.2, 0.25) is 0 Å². The van der Waals surface area contributed by atoms with E-state index in [9.17, 15) is 0 Å². The van der Waals surface area contributed by atoms with E-state index in [-0.39, 0.29) is 35.6 Å². The summed E-state index contributed by atoms with van der Waals surface area (Å²) >= 11 is 0. The van der Waals surface area contributed by atoms with Gasteiger partial charge in [-0.1, -0.05) is 29.8 Å². The average Bonchev–Trinajstić information content (AvgIpc) is 2.57. The molecule has 0 spiro atoms. The van der Waals surface area contributed by atoms with Crippen LogP contribution in [0.1, 0.15) is 17.5 Å². The van der Waals surface area contributed by atoms with Gasteiger partial charge in [0, 0.05) is 26.2 Å². The Balaban J connectivity index is 0. The summed E-state index contributed by atoms with van der Waals surface area (Å²) in [6.07, 6.45) is 9.67. The van der Waals surface area contributed by atoms with Gasteiger partial charge in [0.05, 0.1) is 0 Å². The Kier molecular flexibility index (Phi) is 9.56. The summed E-state index contributed by atoms with van der Waals surface area (Å²) in [5.41, 5.74) is 4.04. The monoisotopic (exact) mass is 299 g/mol. The third kappa shape index (κ3) is 4.98. The molecule has 1 aromatic rings. The molecule has 0 amide bonds. The van der Waals surface area contributed by atoms with E-state index in [1.807, 2.05) is 0 Å². The fourth-order valence-electron chi connectivity index (χ4n) is 1.61. The van der Waals surface area contributed by atoms with Crippen LogP contribution >= 0.6 is 0 Å². The Hall–Kier alpha value is -0.557. The molecule has 0 unspecified atom stereocenters. The second kappa shape index (κ2) is 8.58. The number of benzene rings is 1. The summed E-state index contributed by atoms with van der Waals surface area (Å²) in [7, 11) is 0. The molecule has 0 bridgehead atoms. The van der Waals surface area contributed by atoms with Crippen LogP contribution in [0.15, 0.2) is 42.0 Å². The zero-order valence-electron chi connectivity index (χ0n) is 9.19. The first-order chi connectivity index (χ1) is 6.34. The van der Waals surface area contributed by atoms with Crippen molar-refractivity contribution in [2.45, 2.75) is 19.8 Å². The first-order valence-electron chi connectivity index (χ1n) is 4.66. The molecule has 0 heterocycles. The van der Waals surface area contributed by atoms with Crippen LogP contribution in [-0.4, -0.2) is 0 Å². The van der Waals surface area contributed by atoms with Crippen LogP contribution in [0.4, 0.5) is 9.41 Å². The predicted octanol–water partition coefficient (Wildman–Crippen LogP) is 3.53. The van der Waals surface area contributed by atoms with Gasteiger partial charge in [-0.3, -0.25) is 15.5 Å². The zero-order valence-corrected chi connectivity index (χ0v) is 11.7. The van der Waals surface area contributed by atoms with Crippen molar-refractivity contribution in [3.63, 3.8) is 0 Å². The van der Waals surface area contributed by atoms with Crippen LogP contribution in [0.5, 0.6) is 0 Å². The van der Waals surface area contributed by atoms with Crippen molar-refractivity contribution in [1.82, 2.24) is 0 Å². The molecule has 1 aromatic carbocycles. The Bertz CT molecular complexity index is 370. The van der Waals surface area contributed by atoms with Crippen LogP contribution in [0.3, 0.4) is 0 Å². The molecule has 0 nitrogen and oxygen atoms in total. The van der Waals surface area contributed by atoms with E-state index in [2.05, 4.69) is 49.4 Å². The third-order valence-corrected chi connectivity index (χ3v) is 2.24. The number of hydrogen-bond donors (Lipinski definition) is 0. The molecule has 2 rings (SSSR count). The van der Waals surface area contributed by atoms with Crippen LogP contribution in [0.25, 0.3) is 0 Å². The van der Waals surface area contributed by atoms with Crippen LogP contribution in [-0.2, 0) is 32.6 Å². The maximum atomic E-state index is 3.33. The molecule has 0 fully saturated rings. The van der Waals surface area contributed by atoms with Crippen LogP contribution in [0.2, 0.25) is 0 Å². The molecule has 0 saturated carbocycles. The largest absolute Gasteiger partial charge is 0.269 e. The summed E-state index contributed by atoms with van der Waals surface area (Å²) in [4.78, 5) is 0. The minimum atomic E-state index is 0. The van der Waals surface area contributed by atoms with Crippen molar-refractivity contribution in [3.8, 4) is 0 Å². The maximum absolute atomic E-state index is 3.33. The quantitative estimate of drug-likeness (QED) is 0.733. The third-order valence-electron chi connectivity index (χ3n) is 2.24. The van der Waals surface area contributed by atoms with E-state index in [0.29, 0.717) is 0 Å². The van der Waals surface area contributed by atoms with E-state index < -0.39 is 0 Å². The molecule has 1 aliphatic rings. The smallest absolute Gasteiger partial charge is 0 e. The van der Waals surface area contributed by atoms with Crippen LogP contribution < -0.4 is 0 Å². The van der Waals surface area contributed by atoms with Gasteiger partial charge in [-0.2, -0.15) is 6.08 Å². The van der Waals surface area contributed by atoms with E-state index >= 15 is 0 Å². The van der Waals surface area contributed by atoms with Gasteiger partial charge in [-0.15, -0.1) is 6.42 Å². The van der Waals surface area contributed by atoms with Gasteiger partial charge in [0.25, 0.3) is 0 Å². The SMILES string of the molecule is Cc1cccc(CC2=[C-]CC=C2)c1.F.F.[Zr]. The Morgan fingerprint density at radius 3 is 2.56 bits per heavy atom. The van der Waals surface area contributed by atoms with Gasteiger partial charge >= 0.3 is 0 Å². The summed E-state index contributed by atoms with van der Waals surface area (Å²) in [6, 6.07) is 8.66. The molecule has 0 aliphatic heterocycles. The first kappa shape index (κ1) is 17.8. The number of hydrogen-bond acceptors (Lipinski definition) is 0. The Labute approximate surface area is 114 Å². The molecule has 0 aromatic heterocycles. The standard InChI is InChI=1S/C13H13.2FH.Zr/c1-11-5-4-8-13(9-11)10-12-6-2-3-7-12;;;/h2,4-6,8-9H,3,10H2,1H3;2*1H;/q-1;;;. The minimum Gasteiger partial charge on any atom is -0.269 e. The number of allylic oxidation sites excluding steroid dienone is 4. The van der Waals surface area contributed by atoms with E-state index in [4.69, 9.17) is 0 Å². The molecule has 0 atom stereocenters. The van der Waals surface area contributed by atoms with Gasteiger partial charge < -0.3 is 0 Å². The van der Waals surface area contributed by atoms with Crippen molar-refractivity contribution in [2.24, 2.45) is 0 Å². The van der Waals surface area contributed by atoms with Gasteiger partial charge in [-0.25, -0.2) is 11.6 Å². The van der Waals surface area contributed by atoms with E-state index in [1.54, 1.807) is 0 Å². The van der Waals surface area contributed by atoms with Gasteiger partial charge in [0.1, 0.15) is 0 Å². The molecular formula is C13H15F2Zr-. The molecule has 1 aliphatic carbocycles. The fourth-order valence-corrected chi connectivity index (χ4v) is 1.61. The number of rotatable bonds is 2. The van der Waals surface area contributed by atoms with Crippen molar-refractivity contribution in [1.29, 1.82) is 0 Å². The van der Waals surface area contributed by atoms with Crippen LogP contribution in [0, 0.1) is 13.0 Å².